The quantitative estimate of drug-likeness (QED) is 0.662. The molecule has 0 bridgehead atoms. The molecule has 1 N–H and O–H groups in total. The van der Waals surface area contributed by atoms with Gasteiger partial charge in [-0.15, -0.1) is 0 Å². The number of benzene rings is 1. The van der Waals surface area contributed by atoms with Crippen LogP contribution in [-0.2, 0) is 4.74 Å². The van der Waals surface area contributed by atoms with E-state index in [4.69, 9.17) is 21.1 Å². The number of carbonyl (C=O) groups is 1. The normalized spacial score (nSPS) is 11.1. The molecule has 0 fully saturated rings. The highest BCUT2D eigenvalue weighted by Crippen LogP contribution is 2.27. The summed E-state index contributed by atoms with van der Waals surface area (Å²) < 4.78 is 9.90. The summed E-state index contributed by atoms with van der Waals surface area (Å²) in [6.45, 7) is 3.75. The van der Waals surface area contributed by atoms with Crippen LogP contribution in [0.15, 0.2) is 35.7 Å². The van der Waals surface area contributed by atoms with Gasteiger partial charge in [-0.1, -0.05) is 17.7 Å². The van der Waals surface area contributed by atoms with Crippen LogP contribution >= 0.6 is 11.6 Å². The van der Waals surface area contributed by atoms with Crippen LogP contribution < -0.4 is 10.2 Å². The molecule has 1 aromatic carbocycles. The number of ether oxygens (including phenoxy) is 2. The van der Waals surface area contributed by atoms with Gasteiger partial charge >= 0.3 is 6.09 Å². The Morgan fingerprint density at radius 1 is 1.33 bits per heavy atom. The molecule has 2 rings (SSSR count). The van der Waals surface area contributed by atoms with Gasteiger partial charge in [0.15, 0.2) is 0 Å². The molecule has 1 amide bonds. The van der Waals surface area contributed by atoms with Crippen molar-refractivity contribution in [3.05, 3.63) is 41.2 Å². The van der Waals surface area contributed by atoms with Gasteiger partial charge in [0.05, 0.1) is 25.1 Å². The van der Waals surface area contributed by atoms with Crippen LogP contribution in [0.1, 0.15) is 19.4 Å². The van der Waals surface area contributed by atoms with Crippen LogP contribution in [0.3, 0.4) is 0 Å². The number of amides is 1. The second-order valence-corrected chi connectivity index (χ2v) is 5.10. The molecule has 8 heteroatoms. The highest BCUT2D eigenvalue weighted by Gasteiger charge is 2.12. The van der Waals surface area contributed by atoms with Crippen LogP contribution in [0.2, 0.25) is 5.02 Å². The fraction of sp³-hybridized carbons (Fsp3) is 0.250. The van der Waals surface area contributed by atoms with Crippen molar-refractivity contribution in [3.8, 4) is 17.1 Å². The lowest BCUT2D eigenvalue weighted by atomic mass is 10.0. The second-order valence-electron chi connectivity index (χ2n) is 4.67. The Hall–Kier alpha value is -2.67. The summed E-state index contributed by atoms with van der Waals surface area (Å²) in [6, 6.07) is 7.00. The number of nitrogens with one attached hydrogen (secondary N) is 1. The van der Waals surface area contributed by atoms with Crippen molar-refractivity contribution in [2.24, 2.45) is 5.10 Å². The average molecular weight is 349 g/mol. The average Bonchev–Trinajstić information content (AvgIpc) is 2.60. The number of methoxy groups -OCH3 is 1. The molecule has 0 saturated carbocycles. The maximum Gasteiger partial charge on any atom is 0.427 e. The molecule has 0 saturated heterocycles. The topological polar surface area (TPSA) is 85.7 Å². The van der Waals surface area contributed by atoms with E-state index in [1.165, 1.54) is 13.4 Å². The maximum absolute atomic E-state index is 11.4. The van der Waals surface area contributed by atoms with Crippen LogP contribution in [0.5, 0.6) is 5.88 Å². The summed E-state index contributed by atoms with van der Waals surface area (Å²) in [7, 11) is 1.53. The van der Waals surface area contributed by atoms with Gasteiger partial charge in [-0.25, -0.2) is 20.2 Å². The Morgan fingerprint density at radius 2 is 2.12 bits per heavy atom. The minimum atomic E-state index is -0.615. The van der Waals surface area contributed by atoms with E-state index in [1.807, 2.05) is 0 Å². The molecule has 0 unspecified atom stereocenters. The van der Waals surface area contributed by atoms with Crippen molar-refractivity contribution < 1.29 is 14.3 Å². The monoisotopic (exact) mass is 348 g/mol. The Morgan fingerprint density at radius 3 is 2.83 bits per heavy atom. The van der Waals surface area contributed by atoms with E-state index in [2.05, 4.69) is 20.5 Å². The lowest BCUT2D eigenvalue weighted by molar-refractivity contribution is 0.152. The number of hydrazone groups is 1. The summed E-state index contributed by atoms with van der Waals surface area (Å²) in [4.78, 5) is 19.6. The largest absolute Gasteiger partial charge is 0.481 e. The van der Waals surface area contributed by atoms with Gasteiger partial charge in [-0.05, 0) is 26.0 Å². The molecule has 0 aliphatic rings. The lowest BCUT2D eigenvalue weighted by Crippen LogP contribution is -2.20. The van der Waals surface area contributed by atoms with Gasteiger partial charge in [0.25, 0.3) is 0 Å². The molecule has 2 aromatic rings. The predicted octanol–water partition coefficient (Wildman–Crippen LogP) is 3.28. The maximum atomic E-state index is 11.4. The van der Waals surface area contributed by atoms with Gasteiger partial charge in [-0.3, -0.25) is 0 Å². The summed E-state index contributed by atoms with van der Waals surface area (Å²) >= 11 is 6.11. The molecule has 1 aromatic heterocycles. The van der Waals surface area contributed by atoms with Gasteiger partial charge in [0, 0.05) is 22.2 Å². The fourth-order valence-corrected chi connectivity index (χ4v) is 2.17. The summed E-state index contributed by atoms with van der Waals surface area (Å²) in [5.41, 5.74) is 5.05. The minimum Gasteiger partial charge on any atom is -0.481 e. The minimum absolute atomic E-state index is 0.271. The van der Waals surface area contributed by atoms with Crippen molar-refractivity contribution in [3.63, 3.8) is 0 Å². The van der Waals surface area contributed by atoms with Gasteiger partial charge < -0.3 is 9.47 Å². The third-order valence-corrected chi connectivity index (χ3v) is 3.32. The summed E-state index contributed by atoms with van der Waals surface area (Å²) in [5.74, 6) is 0.435. The van der Waals surface area contributed by atoms with Crippen molar-refractivity contribution in [2.45, 2.75) is 13.8 Å². The molecule has 0 spiro atoms. The Kier molecular flexibility index (Phi) is 6.08. The molecule has 1 heterocycles. The van der Waals surface area contributed by atoms with E-state index >= 15 is 0 Å². The first-order valence-electron chi connectivity index (χ1n) is 7.18. The summed E-state index contributed by atoms with van der Waals surface area (Å²) in [5, 5.41) is 4.60. The van der Waals surface area contributed by atoms with Crippen molar-refractivity contribution in [1.82, 2.24) is 15.4 Å². The van der Waals surface area contributed by atoms with Crippen LogP contribution in [0.4, 0.5) is 4.79 Å². The van der Waals surface area contributed by atoms with Crippen LogP contribution in [0.25, 0.3) is 11.3 Å². The molecular formula is C16H17ClN4O3. The molecule has 0 atom stereocenters. The first kappa shape index (κ1) is 17.7. The zero-order valence-corrected chi connectivity index (χ0v) is 14.3. The van der Waals surface area contributed by atoms with E-state index in [0.29, 0.717) is 22.3 Å². The van der Waals surface area contributed by atoms with E-state index < -0.39 is 6.09 Å². The zero-order valence-electron chi connectivity index (χ0n) is 13.5. The van der Waals surface area contributed by atoms with Crippen molar-refractivity contribution >= 4 is 23.4 Å². The van der Waals surface area contributed by atoms with E-state index in [9.17, 15) is 4.79 Å². The number of hydrogen-bond donors (Lipinski definition) is 1. The van der Waals surface area contributed by atoms with Gasteiger partial charge in [0.2, 0.25) is 5.88 Å². The molecule has 0 aliphatic heterocycles. The first-order valence-corrected chi connectivity index (χ1v) is 7.56. The number of nitrogens with zero attached hydrogens (tertiary/aromatic N) is 3. The number of hydrogen-bond acceptors (Lipinski definition) is 6. The van der Waals surface area contributed by atoms with Crippen molar-refractivity contribution in [2.75, 3.05) is 13.7 Å². The van der Waals surface area contributed by atoms with Crippen LogP contribution in [-0.4, -0.2) is 35.5 Å². The number of aromatic nitrogens is 2. The third kappa shape index (κ3) is 4.42. The summed E-state index contributed by atoms with van der Waals surface area (Å²) in [6.07, 6.45) is 0.790. The zero-order chi connectivity index (χ0) is 17.5. The van der Waals surface area contributed by atoms with Gasteiger partial charge in [-0.2, -0.15) is 5.10 Å². The number of halogens is 1. The highest BCUT2D eigenvalue weighted by molar-refractivity contribution is 6.31. The number of rotatable bonds is 5. The van der Waals surface area contributed by atoms with Gasteiger partial charge in [0.1, 0.15) is 6.33 Å². The van der Waals surface area contributed by atoms with Crippen LogP contribution in [0, 0.1) is 0 Å². The smallest absolute Gasteiger partial charge is 0.427 e. The highest BCUT2D eigenvalue weighted by atomic mass is 35.5. The standard InChI is InChI=1S/C16H17ClN4O3/c1-4-24-16(22)21-20-10(2)12-6-5-11(17)7-13(12)14-8-15(23-3)19-9-18-14/h5-9H,4H2,1-3H3,(H,21,22)/b20-10+. The molecule has 7 nitrogen and oxygen atoms in total. The fourth-order valence-electron chi connectivity index (χ4n) is 2.00. The van der Waals surface area contributed by atoms with E-state index in [0.717, 1.165) is 11.1 Å². The SMILES string of the molecule is CCOC(=O)N/N=C(\C)c1ccc(Cl)cc1-c1cc(OC)ncn1. The second kappa shape index (κ2) is 8.26. The predicted molar refractivity (Wildman–Crippen MR) is 91.4 cm³/mol. The molecule has 24 heavy (non-hydrogen) atoms. The molecule has 126 valence electrons. The third-order valence-electron chi connectivity index (χ3n) is 3.09. The van der Waals surface area contributed by atoms with E-state index in [1.54, 1.807) is 38.1 Å². The molecule has 0 aliphatic carbocycles. The first-order chi connectivity index (χ1) is 11.5. The Bertz CT molecular complexity index is 765. The lowest BCUT2D eigenvalue weighted by Gasteiger charge is -2.10. The molecule has 0 radical (unpaired) electrons. The molecular weight excluding hydrogens is 332 g/mol. The van der Waals surface area contributed by atoms with Crippen molar-refractivity contribution in [1.29, 1.82) is 0 Å². The Balaban J connectivity index is 2.40. The Labute approximate surface area is 144 Å². The number of carbonyl (C=O) groups excluding carboxylic acids is 1. The van der Waals surface area contributed by atoms with E-state index in [-0.39, 0.29) is 6.61 Å².